The van der Waals surface area contributed by atoms with Gasteiger partial charge in [-0.25, -0.2) is 0 Å². The zero-order valence-corrected chi connectivity index (χ0v) is 22.2. The highest BCUT2D eigenvalue weighted by molar-refractivity contribution is 8.26. The van der Waals surface area contributed by atoms with Crippen LogP contribution in [0.15, 0.2) is 34.0 Å². The zero-order valence-electron chi connectivity index (χ0n) is 20.6. The molecular formula is C26H31N3O4S2. The van der Waals surface area contributed by atoms with Crippen LogP contribution in [-0.4, -0.2) is 51.9 Å². The summed E-state index contributed by atoms with van der Waals surface area (Å²) in [6, 6.07) is 7.79. The van der Waals surface area contributed by atoms with Gasteiger partial charge in [0.1, 0.15) is 4.32 Å². The van der Waals surface area contributed by atoms with Crippen LogP contribution < -0.4 is 10.5 Å². The van der Waals surface area contributed by atoms with E-state index < -0.39 is 0 Å². The fourth-order valence-corrected chi connectivity index (χ4v) is 5.98. The number of rotatable bonds is 6. The van der Waals surface area contributed by atoms with E-state index in [4.69, 9.17) is 17.0 Å². The maximum Gasteiger partial charge on any atom is 0.309 e. The molecule has 0 spiro atoms. The molecule has 4 rings (SSSR count). The van der Waals surface area contributed by atoms with E-state index in [1.165, 1.54) is 11.8 Å². The van der Waals surface area contributed by atoms with Gasteiger partial charge in [0.15, 0.2) is 0 Å². The fourth-order valence-electron chi connectivity index (χ4n) is 4.73. The highest BCUT2D eigenvalue weighted by atomic mass is 32.2. The van der Waals surface area contributed by atoms with Crippen molar-refractivity contribution in [3.05, 3.63) is 45.1 Å². The number of carbonyl (C=O) groups is 2. The van der Waals surface area contributed by atoms with Gasteiger partial charge in [0, 0.05) is 32.1 Å². The second kappa shape index (κ2) is 10.5. The number of ether oxygens (including phenoxy) is 1. The molecule has 0 atom stereocenters. The molecule has 186 valence electrons. The number of nitrogens with zero attached hydrogens (tertiary/aromatic N) is 3. The Labute approximate surface area is 215 Å². The van der Waals surface area contributed by atoms with Crippen LogP contribution in [0, 0.1) is 11.8 Å². The zero-order chi connectivity index (χ0) is 25.3. The van der Waals surface area contributed by atoms with Gasteiger partial charge in [0.05, 0.1) is 34.2 Å². The SMILES string of the molecule is CCOC(=O)C1CCN(c2c(C=C3SC(=S)N(CC(C)C)C3=O)c(=O)n(C)c3ccccc23)CC1. The average Bonchev–Trinajstić information content (AvgIpc) is 3.10. The number of esters is 1. The topological polar surface area (TPSA) is 71.8 Å². The maximum atomic E-state index is 13.6. The molecule has 0 radical (unpaired) electrons. The Hall–Kier alpha value is -2.65. The summed E-state index contributed by atoms with van der Waals surface area (Å²) in [5.74, 6) is -0.174. The van der Waals surface area contributed by atoms with E-state index in [0.717, 1.165) is 16.6 Å². The van der Waals surface area contributed by atoms with E-state index in [-0.39, 0.29) is 29.3 Å². The Balaban J connectivity index is 1.78. The number of para-hydroxylation sites is 1. The molecule has 0 unspecified atom stereocenters. The number of piperidine rings is 1. The van der Waals surface area contributed by atoms with E-state index >= 15 is 0 Å². The molecule has 2 aliphatic rings. The van der Waals surface area contributed by atoms with Gasteiger partial charge in [-0.15, -0.1) is 0 Å². The summed E-state index contributed by atoms with van der Waals surface area (Å²) in [7, 11) is 1.75. The second-order valence-electron chi connectivity index (χ2n) is 9.34. The summed E-state index contributed by atoms with van der Waals surface area (Å²) < 4.78 is 7.37. The number of fused-ring (bicyclic) bond motifs is 1. The van der Waals surface area contributed by atoms with Crippen LogP contribution >= 0.6 is 24.0 Å². The van der Waals surface area contributed by atoms with E-state index in [9.17, 15) is 14.4 Å². The van der Waals surface area contributed by atoms with Crippen molar-refractivity contribution in [2.45, 2.75) is 33.6 Å². The van der Waals surface area contributed by atoms with Crippen LogP contribution in [0.5, 0.6) is 0 Å². The predicted molar refractivity (Wildman–Crippen MR) is 145 cm³/mol. The van der Waals surface area contributed by atoms with E-state index in [1.807, 2.05) is 45.0 Å². The predicted octanol–water partition coefficient (Wildman–Crippen LogP) is 4.18. The number of hydrogen-bond donors (Lipinski definition) is 0. The Bertz CT molecular complexity index is 1260. The Kier molecular flexibility index (Phi) is 7.66. The quantitative estimate of drug-likeness (QED) is 0.326. The van der Waals surface area contributed by atoms with Gasteiger partial charge in [0.2, 0.25) is 0 Å². The normalized spacial score (nSPS) is 18.4. The smallest absolute Gasteiger partial charge is 0.309 e. The minimum absolute atomic E-state index is 0.139. The largest absolute Gasteiger partial charge is 0.466 e. The first-order valence-electron chi connectivity index (χ1n) is 12.0. The molecule has 1 aromatic heterocycles. The average molecular weight is 514 g/mol. The number of carbonyl (C=O) groups excluding carboxylic acids is 2. The molecule has 0 aliphatic carbocycles. The number of pyridine rings is 1. The van der Waals surface area contributed by atoms with Gasteiger partial charge in [-0.3, -0.25) is 19.3 Å². The molecular weight excluding hydrogens is 482 g/mol. The Morgan fingerprint density at radius 3 is 2.57 bits per heavy atom. The van der Waals surface area contributed by atoms with Gasteiger partial charge in [0.25, 0.3) is 11.5 Å². The van der Waals surface area contributed by atoms with Gasteiger partial charge in [-0.1, -0.05) is 56.0 Å². The number of anilines is 1. The number of thiocarbonyl (C=S) groups is 1. The molecule has 9 heteroatoms. The third-order valence-electron chi connectivity index (χ3n) is 6.44. The number of thioether (sulfide) groups is 1. The van der Waals surface area contributed by atoms with Crippen LogP contribution in [0.25, 0.3) is 17.0 Å². The minimum Gasteiger partial charge on any atom is -0.466 e. The fraction of sp³-hybridized carbons (Fsp3) is 0.462. The van der Waals surface area contributed by atoms with Crippen molar-refractivity contribution in [3.63, 3.8) is 0 Å². The molecule has 2 aromatic rings. The summed E-state index contributed by atoms with van der Waals surface area (Å²) in [6.07, 6.45) is 3.01. The molecule has 35 heavy (non-hydrogen) atoms. The molecule has 0 N–H and O–H groups in total. The first kappa shape index (κ1) is 25.4. The number of amides is 1. The Morgan fingerprint density at radius 2 is 1.91 bits per heavy atom. The van der Waals surface area contributed by atoms with Crippen molar-refractivity contribution in [2.75, 3.05) is 31.1 Å². The van der Waals surface area contributed by atoms with Crippen molar-refractivity contribution in [1.29, 1.82) is 0 Å². The van der Waals surface area contributed by atoms with Crippen molar-refractivity contribution < 1.29 is 14.3 Å². The van der Waals surface area contributed by atoms with Gasteiger partial charge < -0.3 is 14.2 Å². The monoisotopic (exact) mass is 513 g/mol. The van der Waals surface area contributed by atoms with Gasteiger partial charge in [-0.2, -0.15) is 0 Å². The molecule has 0 saturated carbocycles. The molecule has 7 nitrogen and oxygen atoms in total. The van der Waals surface area contributed by atoms with Gasteiger partial charge in [-0.05, 0) is 37.8 Å². The van der Waals surface area contributed by atoms with Crippen LogP contribution in [0.3, 0.4) is 0 Å². The third kappa shape index (κ3) is 5.02. The molecule has 0 bridgehead atoms. The minimum atomic E-state index is -0.166. The van der Waals surface area contributed by atoms with Crippen molar-refractivity contribution >= 4 is 62.8 Å². The third-order valence-corrected chi connectivity index (χ3v) is 7.82. The highest BCUT2D eigenvalue weighted by Crippen LogP contribution is 2.37. The molecule has 1 amide bonds. The number of hydrogen-bond acceptors (Lipinski definition) is 7. The van der Waals surface area contributed by atoms with E-state index in [1.54, 1.807) is 22.6 Å². The van der Waals surface area contributed by atoms with Crippen LogP contribution in [0.2, 0.25) is 0 Å². The van der Waals surface area contributed by atoms with Crippen LogP contribution in [0.1, 0.15) is 39.2 Å². The lowest BCUT2D eigenvalue weighted by molar-refractivity contribution is -0.148. The maximum absolute atomic E-state index is 13.6. The summed E-state index contributed by atoms with van der Waals surface area (Å²) in [4.78, 5) is 43.3. The second-order valence-corrected chi connectivity index (χ2v) is 11.0. The number of aromatic nitrogens is 1. The van der Waals surface area contributed by atoms with Crippen molar-refractivity contribution in [3.8, 4) is 0 Å². The molecule has 3 heterocycles. The summed E-state index contributed by atoms with van der Waals surface area (Å²) in [5, 5.41) is 0.938. The molecule has 2 saturated heterocycles. The first-order valence-corrected chi connectivity index (χ1v) is 13.2. The summed E-state index contributed by atoms with van der Waals surface area (Å²) >= 11 is 6.72. The van der Waals surface area contributed by atoms with Gasteiger partial charge >= 0.3 is 5.97 Å². The molecule has 2 aliphatic heterocycles. The Morgan fingerprint density at radius 1 is 1.23 bits per heavy atom. The summed E-state index contributed by atoms with van der Waals surface area (Å²) in [6.45, 7) is 8.06. The van der Waals surface area contributed by atoms with E-state index in [2.05, 4.69) is 4.90 Å². The van der Waals surface area contributed by atoms with Crippen LogP contribution in [0.4, 0.5) is 5.69 Å². The van der Waals surface area contributed by atoms with Crippen LogP contribution in [-0.2, 0) is 21.4 Å². The lowest BCUT2D eigenvalue weighted by Gasteiger charge is -2.34. The number of aryl methyl sites for hydroxylation is 1. The first-order chi connectivity index (χ1) is 16.7. The standard InChI is InChI=1S/C26H31N3O4S2/c1-5-33-25(32)17-10-12-28(13-11-17)22-18-8-6-7-9-20(18)27(4)23(30)19(22)14-21-24(31)29(15-16(2)3)26(34)35-21/h6-9,14,16-17H,5,10-13,15H2,1-4H3. The molecule has 1 aromatic carbocycles. The number of benzene rings is 1. The lowest BCUT2D eigenvalue weighted by atomic mass is 9.95. The van der Waals surface area contributed by atoms with Crippen molar-refractivity contribution in [1.82, 2.24) is 9.47 Å². The summed E-state index contributed by atoms with van der Waals surface area (Å²) in [5.41, 5.74) is 1.94. The highest BCUT2D eigenvalue weighted by Gasteiger charge is 2.34. The molecule has 2 fully saturated rings. The van der Waals surface area contributed by atoms with E-state index in [0.29, 0.717) is 53.9 Å². The lowest BCUT2D eigenvalue weighted by Crippen LogP contribution is -2.38. The van der Waals surface area contributed by atoms with Crippen molar-refractivity contribution in [2.24, 2.45) is 18.9 Å².